The molecule has 16 heavy (non-hydrogen) atoms. The van der Waals surface area contributed by atoms with E-state index in [-0.39, 0.29) is 18.2 Å². The van der Waals surface area contributed by atoms with Crippen LogP contribution in [0.4, 0.5) is 0 Å². The molecule has 0 aromatic heterocycles. The number of hydrogen-bond donors (Lipinski definition) is 2. The number of phenols is 1. The minimum Gasteiger partial charge on any atom is -0.507 e. The van der Waals surface area contributed by atoms with Crippen LogP contribution in [-0.2, 0) is 9.53 Å². The topological polar surface area (TPSA) is 72.5 Å². The van der Waals surface area contributed by atoms with Crippen LogP contribution in [-0.4, -0.2) is 18.2 Å². The van der Waals surface area contributed by atoms with Crippen LogP contribution in [0, 0.1) is 6.92 Å². The number of carbonyl (C=O) groups is 1. The lowest BCUT2D eigenvalue weighted by Crippen LogP contribution is -2.22. The van der Waals surface area contributed by atoms with E-state index >= 15 is 0 Å². The summed E-state index contributed by atoms with van der Waals surface area (Å²) in [6, 6.07) is 2.37. The monoisotopic (exact) mass is 309 g/mol. The highest BCUT2D eigenvalue weighted by Crippen LogP contribution is 2.30. The molecule has 0 unspecified atom stereocenters. The molecule has 0 spiro atoms. The van der Waals surface area contributed by atoms with Crippen LogP contribution in [0.25, 0.3) is 0 Å². The first kappa shape index (κ1) is 15.2. The summed E-state index contributed by atoms with van der Waals surface area (Å²) in [5, 5.41) is 9.73. The smallest absolute Gasteiger partial charge is 0.327 e. The van der Waals surface area contributed by atoms with Gasteiger partial charge in [-0.25, -0.2) is 0 Å². The maximum absolute atomic E-state index is 11.2. The number of methoxy groups -OCH3 is 1. The second-order valence-electron chi connectivity index (χ2n) is 3.16. The van der Waals surface area contributed by atoms with Gasteiger partial charge in [-0.15, -0.1) is 12.4 Å². The van der Waals surface area contributed by atoms with Crippen LogP contribution in [0.5, 0.6) is 5.75 Å². The highest BCUT2D eigenvalue weighted by molar-refractivity contribution is 9.10. The maximum Gasteiger partial charge on any atom is 0.327 e. The quantitative estimate of drug-likeness (QED) is 0.820. The second kappa shape index (κ2) is 6.08. The van der Waals surface area contributed by atoms with Gasteiger partial charge in [-0.05, 0) is 24.6 Å². The average Bonchev–Trinajstić information content (AvgIpc) is 2.21. The third kappa shape index (κ3) is 3.10. The first-order valence-electron chi connectivity index (χ1n) is 4.29. The summed E-state index contributed by atoms with van der Waals surface area (Å²) >= 11 is 3.27. The van der Waals surface area contributed by atoms with Crippen molar-refractivity contribution in [3.05, 3.63) is 27.7 Å². The number of benzene rings is 1. The molecule has 0 heterocycles. The standard InChI is InChI=1S/C10H12BrNO3.ClH/c1-5-3-6(11)4-7(9(5)13)8(12)10(14)15-2;/h3-4,8,13H,12H2,1-2H3;1H/t8-;/m0./s1. The van der Waals surface area contributed by atoms with Crippen molar-refractivity contribution >= 4 is 34.3 Å². The highest BCUT2D eigenvalue weighted by atomic mass is 79.9. The molecule has 0 saturated carbocycles. The van der Waals surface area contributed by atoms with Crippen molar-refractivity contribution in [1.82, 2.24) is 0 Å². The van der Waals surface area contributed by atoms with Crippen LogP contribution in [0.3, 0.4) is 0 Å². The summed E-state index contributed by atoms with van der Waals surface area (Å²) < 4.78 is 5.27. The molecule has 90 valence electrons. The van der Waals surface area contributed by atoms with Crippen LogP contribution < -0.4 is 5.73 Å². The van der Waals surface area contributed by atoms with Crippen molar-refractivity contribution in [3.8, 4) is 5.75 Å². The molecule has 0 amide bonds. The molecular formula is C10H13BrClNO3. The molecule has 1 rings (SSSR count). The van der Waals surface area contributed by atoms with Crippen LogP contribution in [0.2, 0.25) is 0 Å². The number of aryl methyl sites for hydroxylation is 1. The molecule has 4 nitrogen and oxygen atoms in total. The van der Waals surface area contributed by atoms with Gasteiger partial charge in [0.25, 0.3) is 0 Å². The zero-order chi connectivity index (χ0) is 11.6. The molecule has 6 heteroatoms. The van der Waals surface area contributed by atoms with Gasteiger partial charge < -0.3 is 15.6 Å². The Bertz CT molecular complexity index is 398. The van der Waals surface area contributed by atoms with Crippen LogP contribution >= 0.6 is 28.3 Å². The molecule has 0 aliphatic heterocycles. The fraction of sp³-hybridized carbons (Fsp3) is 0.300. The van der Waals surface area contributed by atoms with E-state index < -0.39 is 12.0 Å². The fourth-order valence-electron chi connectivity index (χ4n) is 1.25. The fourth-order valence-corrected chi connectivity index (χ4v) is 1.84. The number of ether oxygens (including phenoxy) is 1. The predicted octanol–water partition coefficient (Wildman–Crippen LogP) is 2.06. The normalized spacial score (nSPS) is 11.5. The Morgan fingerprint density at radius 2 is 2.12 bits per heavy atom. The van der Waals surface area contributed by atoms with Crippen LogP contribution in [0.1, 0.15) is 17.2 Å². The summed E-state index contributed by atoms with van der Waals surface area (Å²) in [5.41, 5.74) is 6.64. The SMILES string of the molecule is COC(=O)[C@@H](N)c1cc(Br)cc(C)c1O.Cl. The van der Waals surface area contributed by atoms with Crippen molar-refractivity contribution in [2.24, 2.45) is 5.73 Å². The Kier molecular flexibility index (Phi) is 5.78. The summed E-state index contributed by atoms with van der Waals surface area (Å²) in [7, 11) is 1.25. The average molecular weight is 311 g/mol. The minimum absolute atomic E-state index is 0. The summed E-state index contributed by atoms with van der Waals surface area (Å²) in [6.45, 7) is 1.73. The molecule has 1 atom stereocenters. The Balaban J connectivity index is 0.00000225. The van der Waals surface area contributed by atoms with Crippen molar-refractivity contribution in [3.63, 3.8) is 0 Å². The van der Waals surface area contributed by atoms with Crippen molar-refractivity contribution < 1.29 is 14.6 Å². The number of esters is 1. The van der Waals surface area contributed by atoms with Crippen LogP contribution in [0.15, 0.2) is 16.6 Å². The van der Waals surface area contributed by atoms with Gasteiger partial charge in [0.1, 0.15) is 11.8 Å². The molecule has 3 N–H and O–H groups in total. The minimum atomic E-state index is -0.966. The zero-order valence-corrected chi connectivity index (χ0v) is 11.3. The lowest BCUT2D eigenvalue weighted by atomic mass is 10.0. The highest BCUT2D eigenvalue weighted by Gasteiger charge is 2.21. The Hall–Kier alpha value is -0.780. The van der Waals surface area contributed by atoms with E-state index in [0.29, 0.717) is 11.1 Å². The first-order chi connectivity index (χ1) is 6.97. The Labute approximate surface area is 108 Å². The van der Waals surface area contributed by atoms with Crippen molar-refractivity contribution in [2.45, 2.75) is 13.0 Å². The number of rotatable bonds is 2. The van der Waals surface area contributed by atoms with Gasteiger partial charge in [-0.1, -0.05) is 15.9 Å². The summed E-state index contributed by atoms with van der Waals surface area (Å²) in [6.07, 6.45) is 0. The molecule has 0 aliphatic carbocycles. The number of carbonyl (C=O) groups excluding carboxylic acids is 1. The number of aromatic hydroxyl groups is 1. The maximum atomic E-state index is 11.2. The van der Waals surface area contributed by atoms with E-state index in [0.717, 1.165) is 4.47 Å². The van der Waals surface area contributed by atoms with E-state index in [2.05, 4.69) is 20.7 Å². The molecule has 0 fully saturated rings. The zero-order valence-electron chi connectivity index (χ0n) is 8.86. The van der Waals surface area contributed by atoms with E-state index in [4.69, 9.17) is 5.73 Å². The Morgan fingerprint density at radius 1 is 1.56 bits per heavy atom. The summed E-state index contributed by atoms with van der Waals surface area (Å²) in [5.74, 6) is -0.557. The Morgan fingerprint density at radius 3 is 2.62 bits per heavy atom. The van der Waals surface area contributed by atoms with E-state index in [1.807, 2.05) is 0 Å². The van der Waals surface area contributed by atoms with Gasteiger partial charge in [0.15, 0.2) is 0 Å². The number of hydrogen-bond acceptors (Lipinski definition) is 4. The third-order valence-electron chi connectivity index (χ3n) is 2.08. The van der Waals surface area contributed by atoms with Gasteiger partial charge >= 0.3 is 5.97 Å². The first-order valence-corrected chi connectivity index (χ1v) is 5.09. The second-order valence-corrected chi connectivity index (χ2v) is 4.08. The molecule has 1 aromatic rings. The van der Waals surface area contributed by atoms with E-state index in [9.17, 15) is 9.90 Å². The molecular weight excluding hydrogens is 297 g/mol. The van der Waals surface area contributed by atoms with Gasteiger partial charge in [-0.2, -0.15) is 0 Å². The molecule has 0 radical (unpaired) electrons. The summed E-state index contributed by atoms with van der Waals surface area (Å²) in [4.78, 5) is 11.2. The molecule has 1 aromatic carbocycles. The molecule has 0 bridgehead atoms. The lowest BCUT2D eigenvalue weighted by molar-refractivity contribution is -0.142. The van der Waals surface area contributed by atoms with Gasteiger partial charge in [-0.3, -0.25) is 4.79 Å². The lowest BCUT2D eigenvalue weighted by Gasteiger charge is -2.13. The third-order valence-corrected chi connectivity index (χ3v) is 2.54. The van der Waals surface area contributed by atoms with Gasteiger partial charge in [0, 0.05) is 10.0 Å². The molecule has 0 saturated heterocycles. The van der Waals surface area contributed by atoms with Gasteiger partial charge in [0.05, 0.1) is 7.11 Å². The number of halogens is 2. The van der Waals surface area contributed by atoms with Crippen molar-refractivity contribution in [2.75, 3.05) is 7.11 Å². The predicted molar refractivity (Wildman–Crippen MR) is 66.7 cm³/mol. The molecule has 0 aliphatic rings. The largest absolute Gasteiger partial charge is 0.507 e. The number of phenolic OH excluding ortho intramolecular Hbond substituents is 1. The number of nitrogens with two attached hydrogens (primary N) is 1. The van der Waals surface area contributed by atoms with Gasteiger partial charge in [0.2, 0.25) is 0 Å². The van der Waals surface area contributed by atoms with E-state index in [1.54, 1.807) is 19.1 Å². The van der Waals surface area contributed by atoms with E-state index in [1.165, 1.54) is 7.11 Å². The van der Waals surface area contributed by atoms with Crippen molar-refractivity contribution in [1.29, 1.82) is 0 Å².